The van der Waals surface area contributed by atoms with Crippen molar-refractivity contribution in [1.29, 1.82) is 0 Å². The van der Waals surface area contributed by atoms with E-state index in [1.165, 1.54) is 4.90 Å². The molecule has 2 aromatic carbocycles. The molecule has 0 bridgehead atoms. The first-order chi connectivity index (χ1) is 12.1. The molecular weight excluding hydrogens is 316 g/mol. The smallest absolute Gasteiger partial charge is 0.278 e. The Kier molecular flexibility index (Phi) is 4.95. The average molecular weight is 336 g/mol. The van der Waals surface area contributed by atoms with Crippen LogP contribution in [-0.4, -0.2) is 37.0 Å². The van der Waals surface area contributed by atoms with Crippen LogP contribution in [0.25, 0.3) is 5.57 Å². The van der Waals surface area contributed by atoms with Crippen molar-refractivity contribution in [3.8, 4) is 0 Å². The molecule has 1 N–H and O–H groups in total. The number of benzene rings is 2. The van der Waals surface area contributed by atoms with E-state index in [2.05, 4.69) is 5.32 Å². The normalized spacial score (nSPS) is 14.4. The summed E-state index contributed by atoms with van der Waals surface area (Å²) in [5.41, 5.74) is 3.26. The Balaban J connectivity index is 2.02. The Hall–Kier alpha value is -2.92. The summed E-state index contributed by atoms with van der Waals surface area (Å²) in [5, 5.41) is 3.14. The maximum absolute atomic E-state index is 12.8. The van der Waals surface area contributed by atoms with Crippen molar-refractivity contribution < 1.29 is 14.3 Å². The molecule has 1 heterocycles. The van der Waals surface area contributed by atoms with E-state index >= 15 is 0 Å². The summed E-state index contributed by atoms with van der Waals surface area (Å²) in [5.74, 6) is -0.634. The van der Waals surface area contributed by atoms with Crippen LogP contribution in [0, 0.1) is 6.92 Å². The lowest BCUT2D eigenvalue weighted by molar-refractivity contribution is -0.137. The predicted octanol–water partition coefficient (Wildman–Crippen LogP) is 2.83. The molecule has 0 fully saturated rings. The molecule has 2 aromatic rings. The Morgan fingerprint density at radius 3 is 2.44 bits per heavy atom. The van der Waals surface area contributed by atoms with Gasteiger partial charge in [-0.3, -0.25) is 14.5 Å². The van der Waals surface area contributed by atoms with E-state index < -0.39 is 0 Å². The highest BCUT2D eigenvalue weighted by Gasteiger charge is 2.38. The Morgan fingerprint density at radius 2 is 1.76 bits per heavy atom. The third-order valence-electron chi connectivity index (χ3n) is 4.04. The number of methoxy groups -OCH3 is 1. The van der Waals surface area contributed by atoms with Crippen LogP contribution < -0.4 is 5.32 Å². The maximum Gasteiger partial charge on any atom is 0.278 e. The molecule has 0 spiro atoms. The number of ether oxygens (including phenoxy) is 1. The lowest BCUT2D eigenvalue weighted by atomic mass is 10.0. The van der Waals surface area contributed by atoms with Gasteiger partial charge in [0.2, 0.25) is 0 Å². The maximum atomic E-state index is 12.8. The molecule has 0 saturated heterocycles. The molecule has 0 atom stereocenters. The van der Waals surface area contributed by atoms with Gasteiger partial charge < -0.3 is 10.1 Å². The summed E-state index contributed by atoms with van der Waals surface area (Å²) in [6, 6.07) is 16.9. The molecule has 0 saturated carbocycles. The average Bonchev–Trinajstić information content (AvgIpc) is 2.84. The molecule has 0 unspecified atom stereocenters. The fourth-order valence-corrected chi connectivity index (χ4v) is 2.82. The van der Waals surface area contributed by atoms with Gasteiger partial charge in [-0.15, -0.1) is 0 Å². The standard InChI is InChI=1S/C20H20N2O3/c1-14-7-6-10-16(13-14)21-18-17(15-8-4-3-5-9-15)19(23)22(20(18)24)11-12-25-2/h3-10,13,21H,11-12H2,1-2H3. The summed E-state index contributed by atoms with van der Waals surface area (Å²) in [4.78, 5) is 26.9. The summed E-state index contributed by atoms with van der Waals surface area (Å²) < 4.78 is 5.03. The first kappa shape index (κ1) is 16.9. The highest BCUT2D eigenvalue weighted by Crippen LogP contribution is 2.30. The third kappa shape index (κ3) is 3.46. The molecule has 1 aliphatic heterocycles. The van der Waals surface area contributed by atoms with Crippen LogP contribution in [0.5, 0.6) is 0 Å². The van der Waals surface area contributed by atoms with E-state index in [1.807, 2.05) is 61.5 Å². The van der Waals surface area contributed by atoms with Gasteiger partial charge >= 0.3 is 0 Å². The van der Waals surface area contributed by atoms with Crippen molar-refractivity contribution >= 4 is 23.1 Å². The number of rotatable bonds is 6. The van der Waals surface area contributed by atoms with Gasteiger partial charge in [-0.05, 0) is 30.2 Å². The van der Waals surface area contributed by atoms with Gasteiger partial charge in [0.05, 0.1) is 18.7 Å². The molecule has 0 aliphatic carbocycles. The van der Waals surface area contributed by atoms with Gasteiger partial charge in [-0.2, -0.15) is 0 Å². The van der Waals surface area contributed by atoms with Gasteiger partial charge in [0.15, 0.2) is 0 Å². The van der Waals surface area contributed by atoms with Crippen LogP contribution in [-0.2, 0) is 14.3 Å². The fourth-order valence-electron chi connectivity index (χ4n) is 2.82. The lowest BCUT2D eigenvalue weighted by Gasteiger charge is -2.14. The quantitative estimate of drug-likeness (QED) is 0.824. The Bertz CT molecular complexity index is 828. The van der Waals surface area contributed by atoms with Crippen molar-refractivity contribution in [2.24, 2.45) is 0 Å². The van der Waals surface area contributed by atoms with E-state index in [-0.39, 0.29) is 18.4 Å². The number of imide groups is 1. The van der Waals surface area contributed by atoms with Crippen molar-refractivity contribution in [1.82, 2.24) is 4.90 Å². The molecule has 0 radical (unpaired) electrons. The van der Waals surface area contributed by atoms with Crippen molar-refractivity contribution in [3.63, 3.8) is 0 Å². The summed E-state index contributed by atoms with van der Waals surface area (Å²) in [7, 11) is 1.54. The number of hydrogen-bond donors (Lipinski definition) is 1. The summed E-state index contributed by atoms with van der Waals surface area (Å²) in [6.45, 7) is 2.50. The molecule has 0 aromatic heterocycles. The summed E-state index contributed by atoms with van der Waals surface area (Å²) >= 11 is 0. The molecule has 3 rings (SSSR count). The van der Waals surface area contributed by atoms with Gasteiger partial charge in [-0.1, -0.05) is 42.5 Å². The van der Waals surface area contributed by atoms with Crippen LogP contribution in [0.15, 0.2) is 60.3 Å². The number of amides is 2. The highest BCUT2D eigenvalue weighted by molar-refractivity contribution is 6.36. The van der Waals surface area contributed by atoms with Crippen molar-refractivity contribution in [2.75, 3.05) is 25.6 Å². The van der Waals surface area contributed by atoms with E-state index in [1.54, 1.807) is 7.11 Å². The van der Waals surface area contributed by atoms with E-state index in [0.29, 0.717) is 17.9 Å². The fraction of sp³-hybridized carbons (Fsp3) is 0.200. The second-order valence-corrected chi connectivity index (χ2v) is 5.87. The van der Waals surface area contributed by atoms with Crippen LogP contribution >= 0.6 is 0 Å². The minimum atomic E-state index is -0.331. The van der Waals surface area contributed by atoms with E-state index in [4.69, 9.17) is 4.74 Å². The zero-order valence-electron chi connectivity index (χ0n) is 14.3. The number of carbonyl (C=O) groups is 2. The third-order valence-corrected chi connectivity index (χ3v) is 4.04. The van der Waals surface area contributed by atoms with Gasteiger partial charge in [0.1, 0.15) is 5.70 Å². The van der Waals surface area contributed by atoms with Crippen molar-refractivity contribution in [3.05, 3.63) is 71.4 Å². The molecule has 1 aliphatic rings. The SMILES string of the molecule is COCCN1C(=O)C(Nc2cccc(C)c2)=C(c2ccccc2)C1=O. The molecule has 128 valence electrons. The molecule has 2 amide bonds. The minimum Gasteiger partial charge on any atom is -0.383 e. The van der Waals surface area contributed by atoms with Gasteiger partial charge in [-0.25, -0.2) is 0 Å². The lowest BCUT2D eigenvalue weighted by Crippen LogP contribution is -2.35. The second kappa shape index (κ2) is 7.32. The number of hydrogen-bond acceptors (Lipinski definition) is 4. The first-order valence-electron chi connectivity index (χ1n) is 8.10. The minimum absolute atomic E-state index is 0.226. The summed E-state index contributed by atoms with van der Waals surface area (Å²) in [6.07, 6.45) is 0. The van der Waals surface area contributed by atoms with E-state index in [9.17, 15) is 9.59 Å². The molecular formula is C20H20N2O3. The molecule has 25 heavy (non-hydrogen) atoms. The number of nitrogens with zero attached hydrogens (tertiary/aromatic N) is 1. The van der Waals surface area contributed by atoms with E-state index in [0.717, 1.165) is 16.8 Å². The molecule has 5 nitrogen and oxygen atoms in total. The largest absolute Gasteiger partial charge is 0.383 e. The number of nitrogens with one attached hydrogen (secondary N) is 1. The number of anilines is 1. The molecule has 5 heteroatoms. The van der Waals surface area contributed by atoms with Gasteiger partial charge in [0, 0.05) is 12.8 Å². The van der Waals surface area contributed by atoms with Crippen LogP contribution in [0.3, 0.4) is 0 Å². The predicted molar refractivity (Wildman–Crippen MR) is 96.8 cm³/mol. The van der Waals surface area contributed by atoms with Crippen molar-refractivity contribution in [2.45, 2.75) is 6.92 Å². The van der Waals surface area contributed by atoms with Crippen LogP contribution in [0.4, 0.5) is 5.69 Å². The first-order valence-corrected chi connectivity index (χ1v) is 8.10. The number of carbonyl (C=O) groups excluding carboxylic acids is 2. The topological polar surface area (TPSA) is 58.6 Å². The highest BCUT2D eigenvalue weighted by atomic mass is 16.5. The van der Waals surface area contributed by atoms with Crippen LogP contribution in [0.2, 0.25) is 0 Å². The van der Waals surface area contributed by atoms with Gasteiger partial charge in [0.25, 0.3) is 11.8 Å². The zero-order chi connectivity index (χ0) is 17.8. The van der Waals surface area contributed by atoms with Crippen LogP contribution in [0.1, 0.15) is 11.1 Å². The zero-order valence-corrected chi connectivity index (χ0v) is 14.3. The second-order valence-electron chi connectivity index (χ2n) is 5.87. The Morgan fingerprint density at radius 1 is 1.00 bits per heavy atom. The monoisotopic (exact) mass is 336 g/mol. The number of aryl methyl sites for hydroxylation is 1. The Labute approximate surface area is 146 Å².